The number of hydrogen-bond donors (Lipinski definition) is 1. The van der Waals surface area contributed by atoms with Crippen molar-refractivity contribution in [3.8, 4) is 0 Å². The van der Waals surface area contributed by atoms with Crippen LogP contribution in [0.1, 0.15) is 32.2 Å². The van der Waals surface area contributed by atoms with Crippen LogP contribution in [-0.4, -0.2) is 27.6 Å². The Morgan fingerprint density at radius 2 is 2.60 bits per heavy atom. The van der Waals surface area contributed by atoms with Crippen molar-refractivity contribution in [3.05, 3.63) is 12.4 Å². The Morgan fingerprint density at radius 1 is 1.67 bits per heavy atom. The van der Waals surface area contributed by atoms with E-state index in [9.17, 15) is 0 Å². The number of nitrogens with zero attached hydrogens (tertiary/aromatic N) is 2. The van der Waals surface area contributed by atoms with E-state index in [1.54, 1.807) is 0 Å². The quantitative estimate of drug-likeness (QED) is 0.781. The van der Waals surface area contributed by atoms with E-state index in [0.717, 1.165) is 12.5 Å². The number of aromatic nitrogens is 2. The van der Waals surface area contributed by atoms with E-state index < -0.39 is 0 Å². The van der Waals surface area contributed by atoms with Gasteiger partial charge in [0.25, 0.3) is 0 Å². The van der Waals surface area contributed by atoms with E-state index in [4.69, 9.17) is 0 Å². The molecule has 0 aliphatic carbocycles. The summed E-state index contributed by atoms with van der Waals surface area (Å²) in [5.41, 5.74) is 0. The topological polar surface area (TPSA) is 29.9 Å². The third-order valence-electron chi connectivity index (χ3n) is 2.78. The van der Waals surface area contributed by atoms with Crippen LogP contribution in [0.2, 0.25) is 0 Å². The Kier molecular flexibility index (Phi) is 3.94. The molecule has 2 heterocycles. The number of rotatable bonds is 5. The molecule has 4 heteroatoms. The summed E-state index contributed by atoms with van der Waals surface area (Å²) in [4.78, 5) is 4.38. The number of hydrogen-bond acceptors (Lipinski definition) is 3. The largest absolute Gasteiger partial charge is 0.356 e. The highest BCUT2D eigenvalue weighted by molar-refractivity contribution is 7.99. The first-order valence-corrected chi connectivity index (χ1v) is 6.91. The second-order valence-corrected chi connectivity index (χ2v) is 5.11. The Balaban J connectivity index is 1.95. The molecule has 1 aromatic heterocycles. The van der Waals surface area contributed by atoms with Gasteiger partial charge in [-0.05, 0) is 18.6 Å². The summed E-state index contributed by atoms with van der Waals surface area (Å²) in [6.07, 6.45) is 7.73. The molecule has 3 nitrogen and oxygen atoms in total. The maximum absolute atomic E-state index is 4.38. The van der Waals surface area contributed by atoms with Crippen LogP contribution in [-0.2, 0) is 0 Å². The van der Waals surface area contributed by atoms with Crippen molar-refractivity contribution in [3.63, 3.8) is 0 Å². The summed E-state index contributed by atoms with van der Waals surface area (Å²) in [6.45, 7) is 3.25. The van der Waals surface area contributed by atoms with Gasteiger partial charge in [0.1, 0.15) is 0 Å². The Bertz CT molecular complexity index is 292. The Hall–Kier alpha value is -0.640. The molecule has 0 spiro atoms. The molecule has 15 heavy (non-hydrogen) atoms. The maximum Gasteiger partial charge on any atom is 0.203 e. The molecule has 2 rings (SSSR count). The maximum atomic E-state index is 4.38. The van der Waals surface area contributed by atoms with Gasteiger partial charge in [-0.2, -0.15) is 11.8 Å². The summed E-state index contributed by atoms with van der Waals surface area (Å²) in [6, 6.07) is 0.654. The second kappa shape index (κ2) is 5.45. The van der Waals surface area contributed by atoms with Gasteiger partial charge in [-0.1, -0.05) is 13.3 Å². The zero-order valence-electron chi connectivity index (χ0n) is 9.28. The number of imidazole rings is 1. The third kappa shape index (κ3) is 2.68. The predicted octanol–water partition coefficient (Wildman–Crippen LogP) is 2.77. The van der Waals surface area contributed by atoms with Crippen LogP contribution >= 0.6 is 11.8 Å². The Morgan fingerprint density at radius 3 is 3.33 bits per heavy atom. The predicted molar refractivity (Wildman–Crippen MR) is 66.6 cm³/mol. The number of unbranched alkanes of at least 4 members (excludes halogenated alkanes) is 1. The lowest BCUT2D eigenvalue weighted by molar-refractivity contribution is 0.564. The normalized spacial score (nSPS) is 20.7. The second-order valence-electron chi connectivity index (χ2n) is 3.96. The highest BCUT2D eigenvalue weighted by Crippen LogP contribution is 2.29. The highest BCUT2D eigenvalue weighted by atomic mass is 32.2. The van der Waals surface area contributed by atoms with Gasteiger partial charge in [-0.15, -0.1) is 0 Å². The van der Waals surface area contributed by atoms with Crippen molar-refractivity contribution < 1.29 is 0 Å². The average molecular weight is 225 g/mol. The molecule has 1 saturated heterocycles. The molecule has 1 N–H and O–H groups in total. The van der Waals surface area contributed by atoms with Crippen molar-refractivity contribution >= 4 is 17.7 Å². The monoisotopic (exact) mass is 225 g/mol. The van der Waals surface area contributed by atoms with Crippen molar-refractivity contribution in [2.45, 2.75) is 32.2 Å². The molecular formula is C11H19N3S. The first-order valence-electron chi connectivity index (χ1n) is 5.76. The molecule has 1 aliphatic rings. The average Bonchev–Trinajstić information content (AvgIpc) is 2.87. The van der Waals surface area contributed by atoms with E-state index in [1.165, 1.54) is 30.8 Å². The first kappa shape index (κ1) is 10.9. The van der Waals surface area contributed by atoms with Crippen LogP contribution in [0.3, 0.4) is 0 Å². The fraction of sp³-hybridized carbons (Fsp3) is 0.727. The third-order valence-corrected chi connectivity index (χ3v) is 3.93. The van der Waals surface area contributed by atoms with E-state index in [-0.39, 0.29) is 0 Å². The molecule has 0 bridgehead atoms. The number of anilines is 1. The molecule has 1 aromatic rings. The van der Waals surface area contributed by atoms with Crippen LogP contribution < -0.4 is 5.32 Å². The van der Waals surface area contributed by atoms with Crippen LogP contribution in [0.5, 0.6) is 0 Å². The van der Waals surface area contributed by atoms with Crippen LogP contribution in [0.4, 0.5) is 5.95 Å². The molecule has 1 atom stereocenters. The van der Waals surface area contributed by atoms with Gasteiger partial charge in [-0.3, -0.25) is 0 Å². The molecule has 0 aromatic carbocycles. The van der Waals surface area contributed by atoms with E-state index in [2.05, 4.69) is 28.0 Å². The molecule has 84 valence electrons. The van der Waals surface area contributed by atoms with E-state index >= 15 is 0 Å². The summed E-state index contributed by atoms with van der Waals surface area (Å²) in [5.74, 6) is 3.58. The molecule has 0 saturated carbocycles. The summed E-state index contributed by atoms with van der Waals surface area (Å²) < 4.78 is 2.30. The number of nitrogens with one attached hydrogen (secondary N) is 1. The van der Waals surface area contributed by atoms with Gasteiger partial charge >= 0.3 is 0 Å². The smallest absolute Gasteiger partial charge is 0.203 e. The van der Waals surface area contributed by atoms with Crippen LogP contribution in [0, 0.1) is 0 Å². The highest BCUT2D eigenvalue weighted by Gasteiger charge is 2.19. The first-order chi connectivity index (χ1) is 7.42. The van der Waals surface area contributed by atoms with Crippen molar-refractivity contribution in [1.29, 1.82) is 0 Å². The zero-order valence-corrected chi connectivity index (χ0v) is 10.1. The minimum absolute atomic E-state index is 0.654. The molecule has 0 amide bonds. The molecule has 1 fully saturated rings. The zero-order chi connectivity index (χ0) is 10.5. The fourth-order valence-electron chi connectivity index (χ4n) is 1.86. The lowest BCUT2D eigenvalue weighted by Gasteiger charge is -2.14. The van der Waals surface area contributed by atoms with Gasteiger partial charge in [-0.25, -0.2) is 4.98 Å². The van der Waals surface area contributed by atoms with E-state index in [0.29, 0.717) is 6.04 Å². The Labute approximate surface area is 95.7 Å². The fourth-order valence-corrected chi connectivity index (χ4v) is 3.07. The standard InChI is InChI=1S/C11H19N3S/c1-2-3-5-12-11-13-6-7-14(11)10-4-8-15-9-10/h6-7,10H,2-5,8-9H2,1H3,(H,12,13). The number of thioether (sulfide) groups is 1. The minimum atomic E-state index is 0.654. The van der Waals surface area contributed by atoms with Gasteiger partial charge in [0.2, 0.25) is 5.95 Å². The molecule has 1 unspecified atom stereocenters. The molecule has 1 aliphatic heterocycles. The van der Waals surface area contributed by atoms with Crippen LogP contribution in [0.25, 0.3) is 0 Å². The summed E-state index contributed by atoms with van der Waals surface area (Å²) >= 11 is 2.04. The van der Waals surface area contributed by atoms with Gasteiger partial charge in [0.05, 0.1) is 0 Å². The van der Waals surface area contributed by atoms with Gasteiger partial charge in [0, 0.05) is 30.7 Å². The summed E-state index contributed by atoms with van der Waals surface area (Å²) in [5, 5.41) is 3.41. The van der Waals surface area contributed by atoms with Crippen LogP contribution in [0.15, 0.2) is 12.4 Å². The summed E-state index contributed by atoms with van der Waals surface area (Å²) in [7, 11) is 0. The van der Waals surface area contributed by atoms with Crippen molar-refractivity contribution in [2.75, 3.05) is 23.4 Å². The lowest BCUT2D eigenvalue weighted by atomic mass is 10.2. The van der Waals surface area contributed by atoms with Crippen molar-refractivity contribution in [1.82, 2.24) is 9.55 Å². The van der Waals surface area contributed by atoms with Gasteiger partial charge < -0.3 is 9.88 Å². The molecular weight excluding hydrogens is 206 g/mol. The lowest BCUT2D eigenvalue weighted by Crippen LogP contribution is -2.13. The van der Waals surface area contributed by atoms with E-state index in [1.807, 2.05) is 18.0 Å². The van der Waals surface area contributed by atoms with Gasteiger partial charge in [0.15, 0.2) is 0 Å². The minimum Gasteiger partial charge on any atom is -0.356 e. The SMILES string of the molecule is CCCCNc1nccn1C1CCSC1. The molecule has 0 radical (unpaired) electrons. The van der Waals surface area contributed by atoms with Crippen molar-refractivity contribution in [2.24, 2.45) is 0 Å².